The lowest BCUT2D eigenvalue weighted by Gasteiger charge is -2.30. The Hall–Kier alpha value is -1.16. The molecule has 1 aromatic carbocycles. The highest BCUT2D eigenvalue weighted by Crippen LogP contribution is 2.25. The predicted molar refractivity (Wildman–Crippen MR) is 83.4 cm³/mol. The van der Waals surface area contributed by atoms with Gasteiger partial charge in [0.15, 0.2) is 0 Å². The van der Waals surface area contributed by atoms with Crippen LogP contribution in [0.3, 0.4) is 0 Å². The molecule has 0 aliphatic heterocycles. The number of thiophene rings is 1. The van der Waals surface area contributed by atoms with Gasteiger partial charge in [0, 0.05) is 24.0 Å². The topological polar surface area (TPSA) is 29.3 Å². The normalized spacial score (nSPS) is 12.8. The van der Waals surface area contributed by atoms with Crippen molar-refractivity contribution in [1.29, 1.82) is 0 Å². The minimum atomic E-state index is 0.299. The number of hydrogen-bond donors (Lipinski definition) is 1. The Labute approximate surface area is 119 Å². The van der Waals surface area contributed by atoms with Crippen molar-refractivity contribution in [3.05, 3.63) is 57.8 Å². The van der Waals surface area contributed by atoms with Gasteiger partial charge in [-0.3, -0.25) is 4.90 Å². The first-order valence-electron chi connectivity index (χ1n) is 6.78. The van der Waals surface area contributed by atoms with Crippen molar-refractivity contribution >= 4 is 11.3 Å². The van der Waals surface area contributed by atoms with Crippen LogP contribution in [0.5, 0.6) is 0 Å². The molecule has 0 saturated carbocycles. The zero-order valence-electron chi connectivity index (χ0n) is 11.7. The first kappa shape index (κ1) is 14.3. The summed E-state index contributed by atoms with van der Waals surface area (Å²) >= 11 is 1.81. The molecule has 1 atom stereocenters. The second kappa shape index (κ2) is 6.85. The first-order chi connectivity index (χ1) is 9.26. The largest absolute Gasteiger partial charge is 0.329 e. The second-order valence-corrected chi connectivity index (χ2v) is 5.78. The number of likely N-dealkylation sites (N-methyl/N-ethyl adjacent to an activating group) is 1. The van der Waals surface area contributed by atoms with Crippen molar-refractivity contribution in [2.24, 2.45) is 5.73 Å². The third-order valence-electron chi connectivity index (χ3n) is 3.56. The molecule has 1 aromatic heterocycles. The minimum Gasteiger partial charge on any atom is -0.329 e. The zero-order valence-corrected chi connectivity index (χ0v) is 12.5. The fourth-order valence-corrected chi connectivity index (χ4v) is 3.21. The van der Waals surface area contributed by atoms with Crippen LogP contribution in [0.15, 0.2) is 41.8 Å². The lowest BCUT2D eigenvalue weighted by Crippen LogP contribution is -2.33. The number of hydrogen-bond acceptors (Lipinski definition) is 3. The Morgan fingerprint density at radius 2 is 2.00 bits per heavy atom. The Balaban J connectivity index is 2.21. The van der Waals surface area contributed by atoms with E-state index in [1.54, 1.807) is 0 Å². The van der Waals surface area contributed by atoms with Crippen molar-refractivity contribution in [3.63, 3.8) is 0 Å². The summed E-state index contributed by atoms with van der Waals surface area (Å²) in [7, 11) is 0. The summed E-state index contributed by atoms with van der Waals surface area (Å²) in [4.78, 5) is 3.85. The first-order valence-corrected chi connectivity index (χ1v) is 7.66. The molecule has 1 heterocycles. The van der Waals surface area contributed by atoms with Gasteiger partial charge >= 0.3 is 0 Å². The molecule has 0 radical (unpaired) electrons. The number of aryl methyl sites for hydroxylation is 1. The van der Waals surface area contributed by atoms with E-state index in [0.717, 1.165) is 13.1 Å². The Morgan fingerprint density at radius 3 is 2.58 bits per heavy atom. The van der Waals surface area contributed by atoms with Crippen molar-refractivity contribution in [2.45, 2.75) is 26.4 Å². The predicted octanol–water partition coefficient (Wildman–Crippen LogP) is 3.58. The van der Waals surface area contributed by atoms with Crippen molar-refractivity contribution < 1.29 is 0 Å². The minimum absolute atomic E-state index is 0.299. The highest BCUT2D eigenvalue weighted by atomic mass is 32.1. The molecule has 0 bridgehead atoms. The summed E-state index contributed by atoms with van der Waals surface area (Å²) in [5.41, 5.74) is 8.71. The highest BCUT2D eigenvalue weighted by Gasteiger charge is 2.19. The maximum absolute atomic E-state index is 6.04. The molecular weight excluding hydrogens is 252 g/mol. The standard InChI is InChI=1S/C16H22N2S/c1-3-18(12-14-8-6-10-19-14)16(11-17)15-9-5-4-7-13(15)2/h4-10,16H,3,11-12,17H2,1-2H3. The molecule has 102 valence electrons. The molecule has 0 aliphatic rings. The quantitative estimate of drug-likeness (QED) is 0.872. The average Bonchev–Trinajstić information content (AvgIpc) is 2.93. The van der Waals surface area contributed by atoms with Crippen LogP contribution >= 0.6 is 11.3 Å². The molecule has 0 fully saturated rings. The molecular formula is C16H22N2S. The van der Waals surface area contributed by atoms with Gasteiger partial charge in [0.1, 0.15) is 0 Å². The molecule has 0 amide bonds. The molecule has 1 unspecified atom stereocenters. The Morgan fingerprint density at radius 1 is 1.21 bits per heavy atom. The number of rotatable bonds is 6. The van der Waals surface area contributed by atoms with Gasteiger partial charge in [-0.1, -0.05) is 37.3 Å². The van der Waals surface area contributed by atoms with Crippen LogP contribution in [-0.2, 0) is 6.54 Å². The summed E-state index contributed by atoms with van der Waals surface area (Å²) in [6.07, 6.45) is 0. The van der Waals surface area contributed by atoms with Gasteiger partial charge < -0.3 is 5.73 Å². The third-order valence-corrected chi connectivity index (χ3v) is 4.42. The van der Waals surface area contributed by atoms with Gasteiger partial charge in [0.25, 0.3) is 0 Å². The van der Waals surface area contributed by atoms with Gasteiger partial charge in [-0.25, -0.2) is 0 Å². The number of nitrogens with two attached hydrogens (primary N) is 1. The van der Waals surface area contributed by atoms with E-state index in [9.17, 15) is 0 Å². The van der Waals surface area contributed by atoms with E-state index < -0.39 is 0 Å². The highest BCUT2D eigenvalue weighted by molar-refractivity contribution is 7.09. The van der Waals surface area contributed by atoms with Gasteiger partial charge in [-0.2, -0.15) is 0 Å². The lowest BCUT2D eigenvalue weighted by atomic mass is 10.00. The number of benzene rings is 1. The molecule has 19 heavy (non-hydrogen) atoms. The Bertz CT molecular complexity index is 493. The lowest BCUT2D eigenvalue weighted by molar-refractivity contribution is 0.204. The number of nitrogens with zero attached hydrogens (tertiary/aromatic N) is 1. The van der Waals surface area contributed by atoms with Crippen LogP contribution in [0.25, 0.3) is 0 Å². The summed E-state index contributed by atoms with van der Waals surface area (Å²) in [6, 6.07) is 13.2. The van der Waals surface area contributed by atoms with Gasteiger partial charge in [0.05, 0.1) is 0 Å². The molecule has 2 aromatic rings. The molecule has 0 saturated heterocycles. The van der Waals surface area contributed by atoms with E-state index in [0.29, 0.717) is 12.6 Å². The van der Waals surface area contributed by atoms with E-state index in [-0.39, 0.29) is 0 Å². The van der Waals surface area contributed by atoms with Gasteiger partial charge in [0.2, 0.25) is 0 Å². The van der Waals surface area contributed by atoms with Gasteiger partial charge in [-0.05, 0) is 36.0 Å². The summed E-state index contributed by atoms with van der Waals surface area (Å²) < 4.78 is 0. The average molecular weight is 274 g/mol. The third kappa shape index (κ3) is 3.44. The summed E-state index contributed by atoms with van der Waals surface area (Å²) in [5.74, 6) is 0. The van der Waals surface area contributed by atoms with Crippen LogP contribution in [0.2, 0.25) is 0 Å². The van der Waals surface area contributed by atoms with Crippen LogP contribution in [-0.4, -0.2) is 18.0 Å². The van der Waals surface area contributed by atoms with Gasteiger partial charge in [-0.15, -0.1) is 11.3 Å². The molecule has 2 nitrogen and oxygen atoms in total. The van der Waals surface area contributed by atoms with E-state index >= 15 is 0 Å². The Kier molecular flexibility index (Phi) is 5.14. The van der Waals surface area contributed by atoms with E-state index in [4.69, 9.17) is 5.73 Å². The SMILES string of the molecule is CCN(Cc1cccs1)C(CN)c1ccccc1C. The molecule has 0 aliphatic carbocycles. The van der Waals surface area contributed by atoms with E-state index in [1.807, 2.05) is 11.3 Å². The fraction of sp³-hybridized carbons (Fsp3) is 0.375. The van der Waals surface area contributed by atoms with Crippen LogP contribution in [0.1, 0.15) is 29.0 Å². The maximum atomic E-state index is 6.04. The monoisotopic (exact) mass is 274 g/mol. The molecule has 2 N–H and O–H groups in total. The van der Waals surface area contributed by atoms with Crippen LogP contribution in [0.4, 0.5) is 0 Å². The second-order valence-electron chi connectivity index (χ2n) is 4.75. The fourth-order valence-electron chi connectivity index (χ4n) is 2.48. The zero-order chi connectivity index (χ0) is 13.7. The van der Waals surface area contributed by atoms with Crippen molar-refractivity contribution in [2.75, 3.05) is 13.1 Å². The molecule has 0 spiro atoms. The van der Waals surface area contributed by atoms with E-state index in [1.165, 1.54) is 16.0 Å². The molecule has 2 rings (SSSR count). The van der Waals surface area contributed by atoms with Crippen LogP contribution < -0.4 is 5.73 Å². The maximum Gasteiger partial charge on any atom is 0.0476 e. The van der Waals surface area contributed by atoms with Crippen LogP contribution in [0, 0.1) is 6.92 Å². The summed E-state index contributed by atoms with van der Waals surface area (Å²) in [5, 5.41) is 2.13. The summed E-state index contributed by atoms with van der Waals surface area (Å²) in [6.45, 7) is 7.01. The van der Waals surface area contributed by atoms with Crippen molar-refractivity contribution in [3.8, 4) is 0 Å². The van der Waals surface area contributed by atoms with E-state index in [2.05, 4.69) is 60.5 Å². The molecule has 3 heteroatoms. The smallest absolute Gasteiger partial charge is 0.0476 e. The van der Waals surface area contributed by atoms with Crippen molar-refractivity contribution in [1.82, 2.24) is 4.90 Å².